The van der Waals surface area contributed by atoms with Crippen molar-refractivity contribution >= 4 is 0 Å². The summed E-state index contributed by atoms with van der Waals surface area (Å²) in [5.74, 6) is 0. The predicted molar refractivity (Wildman–Crippen MR) is 71.5 cm³/mol. The Morgan fingerprint density at radius 1 is 1.25 bits per heavy atom. The smallest absolute Gasteiger partial charge is 0.00964 e. The molecule has 0 unspecified atom stereocenters. The Bertz CT molecular complexity index is 183. The highest BCUT2D eigenvalue weighted by Crippen LogP contribution is 2.22. The molecule has 0 amide bonds. The quantitative estimate of drug-likeness (QED) is 0.532. The second-order valence-corrected chi connectivity index (χ2v) is 5.04. The van der Waals surface area contributed by atoms with Gasteiger partial charge in [0.1, 0.15) is 0 Å². The molecule has 2 heteroatoms. The van der Waals surface area contributed by atoms with E-state index < -0.39 is 0 Å². The summed E-state index contributed by atoms with van der Waals surface area (Å²) in [6, 6.07) is 1.26. The van der Waals surface area contributed by atoms with Crippen LogP contribution in [0.5, 0.6) is 0 Å². The Morgan fingerprint density at radius 3 is 2.50 bits per heavy atom. The van der Waals surface area contributed by atoms with Crippen LogP contribution in [0.3, 0.4) is 0 Å². The highest BCUT2D eigenvalue weighted by atomic mass is 15.1. The maximum absolute atomic E-state index is 5.96. The fraction of sp³-hybridized carbons (Fsp3) is 0.857. The molecule has 0 aromatic rings. The number of nitrogens with zero attached hydrogens (tertiary/aromatic N) is 1. The van der Waals surface area contributed by atoms with Crippen LogP contribution in [-0.4, -0.2) is 30.1 Å². The minimum atomic E-state index is 0.466. The van der Waals surface area contributed by atoms with E-state index in [1.165, 1.54) is 51.6 Å². The van der Waals surface area contributed by atoms with Gasteiger partial charge in [0.15, 0.2) is 0 Å². The van der Waals surface area contributed by atoms with Crippen molar-refractivity contribution in [3.05, 3.63) is 12.7 Å². The van der Waals surface area contributed by atoms with Crippen LogP contribution in [0.1, 0.15) is 51.9 Å². The van der Waals surface area contributed by atoms with Gasteiger partial charge in [0, 0.05) is 12.1 Å². The first-order chi connectivity index (χ1) is 7.77. The van der Waals surface area contributed by atoms with E-state index in [0.717, 1.165) is 12.5 Å². The molecule has 0 aromatic heterocycles. The third-order valence-electron chi connectivity index (χ3n) is 3.62. The molecule has 0 spiro atoms. The maximum atomic E-state index is 5.96. The molecule has 0 radical (unpaired) electrons. The Kier molecular flexibility index (Phi) is 6.74. The van der Waals surface area contributed by atoms with Crippen molar-refractivity contribution in [2.45, 2.75) is 64.0 Å². The van der Waals surface area contributed by atoms with Crippen molar-refractivity contribution in [2.24, 2.45) is 5.73 Å². The van der Waals surface area contributed by atoms with E-state index in [2.05, 4.69) is 18.4 Å². The molecule has 2 N–H and O–H groups in total. The summed E-state index contributed by atoms with van der Waals surface area (Å²) < 4.78 is 0. The van der Waals surface area contributed by atoms with Gasteiger partial charge in [-0.15, -0.1) is 6.58 Å². The van der Waals surface area contributed by atoms with Crippen molar-refractivity contribution in [1.82, 2.24) is 4.90 Å². The van der Waals surface area contributed by atoms with Crippen LogP contribution in [0.15, 0.2) is 12.7 Å². The number of hydrogen-bond donors (Lipinski definition) is 1. The Balaban J connectivity index is 2.33. The lowest BCUT2D eigenvalue weighted by Crippen LogP contribution is -2.41. The molecule has 1 rings (SSSR count). The van der Waals surface area contributed by atoms with Gasteiger partial charge in [0.05, 0.1) is 0 Å². The van der Waals surface area contributed by atoms with E-state index in [-0.39, 0.29) is 0 Å². The lowest BCUT2D eigenvalue weighted by molar-refractivity contribution is 0.148. The highest BCUT2D eigenvalue weighted by Gasteiger charge is 2.23. The summed E-state index contributed by atoms with van der Waals surface area (Å²) in [5.41, 5.74) is 5.96. The fourth-order valence-electron chi connectivity index (χ4n) is 2.67. The van der Waals surface area contributed by atoms with Gasteiger partial charge in [0.2, 0.25) is 0 Å². The van der Waals surface area contributed by atoms with E-state index in [9.17, 15) is 0 Å². The summed E-state index contributed by atoms with van der Waals surface area (Å²) in [6.07, 6.45) is 10.7. The first-order valence-corrected chi connectivity index (χ1v) is 6.88. The Labute approximate surface area is 101 Å². The van der Waals surface area contributed by atoms with E-state index in [4.69, 9.17) is 5.73 Å². The molecule has 2 nitrogen and oxygen atoms in total. The molecule has 0 bridgehead atoms. The number of allylic oxidation sites excluding steroid dienone is 1. The average Bonchev–Trinajstić information content (AvgIpc) is 2.29. The van der Waals surface area contributed by atoms with Gasteiger partial charge in [-0.1, -0.05) is 13.0 Å². The molecule has 1 aliphatic carbocycles. The molecule has 0 heterocycles. The molecule has 1 saturated carbocycles. The minimum absolute atomic E-state index is 0.466. The fourth-order valence-corrected chi connectivity index (χ4v) is 2.67. The third-order valence-corrected chi connectivity index (χ3v) is 3.62. The molecule has 0 saturated heterocycles. The summed E-state index contributed by atoms with van der Waals surface area (Å²) in [6.45, 7) is 8.55. The van der Waals surface area contributed by atoms with Gasteiger partial charge in [0.25, 0.3) is 0 Å². The van der Waals surface area contributed by atoms with E-state index in [0.29, 0.717) is 6.04 Å². The molecule has 94 valence electrons. The monoisotopic (exact) mass is 224 g/mol. The summed E-state index contributed by atoms with van der Waals surface area (Å²) in [5, 5.41) is 0. The Morgan fingerprint density at radius 2 is 1.94 bits per heavy atom. The number of hydrogen-bond acceptors (Lipinski definition) is 2. The molecule has 1 fully saturated rings. The molecule has 1 aliphatic rings. The highest BCUT2D eigenvalue weighted by molar-refractivity contribution is 4.81. The lowest BCUT2D eigenvalue weighted by Gasteiger charge is -2.36. The summed E-state index contributed by atoms with van der Waals surface area (Å²) in [4.78, 5) is 2.68. The van der Waals surface area contributed by atoms with Crippen LogP contribution < -0.4 is 5.73 Å². The van der Waals surface area contributed by atoms with Crippen LogP contribution in [0, 0.1) is 0 Å². The second-order valence-electron chi connectivity index (χ2n) is 5.04. The van der Waals surface area contributed by atoms with Gasteiger partial charge in [-0.25, -0.2) is 0 Å². The van der Waals surface area contributed by atoms with Crippen molar-refractivity contribution in [2.75, 3.05) is 13.1 Å². The van der Waals surface area contributed by atoms with Gasteiger partial charge < -0.3 is 10.6 Å². The molecule has 0 aliphatic heterocycles. The van der Waals surface area contributed by atoms with E-state index >= 15 is 0 Å². The largest absolute Gasteiger partial charge is 0.328 e. The van der Waals surface area contributed by atoms with Crippen molar-refractivity contribution in [3.8, 4) is 0 Å². The van der Waals surface area contributed by atoms with Crippen LogP contribution in [-0.2, 0) is 0 Å². The van der Waals surface area contributed by atoms with Gasteiger partial charge in [-0.05, 0) is 58.0 Å². The number of unbranched alkanes of at least 4 members (excludes halogenated alkanes) is 1. The zero-order valence-corrected chi connectivity index (χ0v) is 10.8. The van der Waals surface area contributed by atoms with Crippen molar-refractivity contribution < 1.29 is 0 Å². The van der Waals surface area contributed by atoms with E-state index in [1.807, 2.05) is 6.08 Å². The standard InChI is InChI=1S/C14H28N2/c1-3-5-6-12-16(11-4-2)14-9-7-13(15)8-10-14/h3,13-14H,1,4-12,15H2,2H3. The SMILES string of the molecule is C=CCCCN(CCC)C1CCC(N)CC1. The predicted octanol–water partition coefficient (Wildman–Crippen LogP) is 2.93. The third kappa shape index (κ3) is 4.67. The van der Waals surface area contributed by atoms with Crippen molar-refractivity contribution in [1.29, 1.82) is 0 Å². The van der Waals surface area contributed by atoms with Gasteiger partial charge in [-0.2, -0.15) is 0 Å². The Hall–Kier alpha value is -0.340. The first-order valence-electron chi connectivity index (χ1n) is 6.88. The topological polar surface area (TPSA) is 29.3 Å². The summed E-state index contributed by atoms with van der Waals surface area (Å²) in [7, 11) is 0. The number of nitrogens with two attached hydrogens (primary N) is 1. The molecule has 0 aromatic carbocycles. The molecule has 0 atom stereocenters. The van der Waals surface area contributed by atoms with Crippen LogP contribution >= 0.6 is 0 Å². The normalized spacial score (nSPS) is 25.9. The lowest BCUT2D eigenvalue weighted by atomic mass is 9.90. The zero-order valence-electron chi connectivity index (χ0n) is 10.8. The molecule has 16 heavy (non-hydrogen) atoms. The van der Waals surface area contributed by atoms with Crippen molar-refractivity contribution in [3.63, 3.8) is 0 Å². The molecular formula is C14H28N2. The first kappa shape index (κ1) is 13.7. The summed E-state index contributed by atoms with van der Waals surface area (Å²) >= 11 is 0. The van der Waals surface area contributed by atoms with Crippen LogP contribution in [0.25, 0.3) is 0 Å². The minimum Gasteiger partial charge on any atom is -0.328 e. The van der Waals surface area contributed by atoms with Crippen LogP contribution in [0.2, 0.25) is 0 Å². The number of rotatable bonds is 7. The second kappa shape index (κ2) is 7.86. The van der Waals surface area contributed by atoms with Gasteiger partial charge >= 0.3 is 0 Å². The maximum Gasteiger partial charge on any atom is 0.00964 e. The van der Waals surface area contributed by atoms with Crippen LogP contribution in [0.4, 0.5) is 0 Å². The van der Waals surface area contributed by atoms with E-state index in [1.54, 1.807) is 0 Å². The average molecular weight is 224 g/mol. The zero-order chi connectivity index (χ0) is 11.8. The van der Waals surface area contributed by atoms with Gasteiger partial charge in [-0.3, -0.25) is 0 Å². The molecular weight excluding hydrogens is 196 g/mol.